The lowest BCUT2D eigenvalue weighted by atomic mass is 10.1. The molecule has 0 radical (unpaired) electrons. The fourth-order valence-corrected chi connectivity index (χ4v) is 1.55. The zero-order chi connectivity index (χ0) is 10.1. The third-order valence-corrected chi connectivity index (χ3v) is 2.27. The summed E-state index contributed by atoms with van der Waals surface area (Å²) in [5.41, 5.74) is 3.02. The zero-order valence-electron chi connectivity index (χ0n) is 8.53. The van der Waals surface area contributed by atoms with Gasteiger partial charge in [-0.05, 0) is 31.5 Å². The summed E-state index contributed by atoms with van der Waals surface area (Å²) in [5.74, 6) is 0.811. The number of methoxy groups -OCH3 is 1. The number of hydrogen-bond acceptors (Lipinski definition) is 3. The van der Waals surface area contributed by atoms with E-state index in [1.165, 1.54) is 0 Å². The number of benzene rings is 1. The van der Waals surface area contributed by atoms with Crippen LogP contribution in [-0.2, 0) is 0 Å². The molecular weight excluding hydrogens is 176 g/mol. The molecule has 3 nitrogen and oxygen atoms in total. The van der Waals surface area contributed by atoms with Gasteiger partial charge >= 0.3 is 0 Å². The van der Waals surface area contributed by atoms with E-state index in [0.717, 1.165) is 27.9 Å². The van der Waals surface area contributed by atoms with Gasteiger partial charge in [-0.1, -0.05) is 0 Å². The van der Waals surface area contributed by atoms with Gasteiger partial charge in [0.2, 0.25) is 0 Å². The number of aryl methyl sites for hydroxylation is 2. The lowest BCUT2D eigenvalue weighted by Gasteiger charge is -2.07. The maximum atomic E-state index is 5.27. The molecule has 1 aromatic heterocycles. The third kappa shape index (κ3) is 1.31. The van der Waals surface area contributed by atoms with Crippen LogP contribution in [0.15, 0.2) is 18.5 Å². The van der Waals surface area contributed by atoms with E-state index in [-0.39, 0.29) is 0 Å². The average Bonchev–Trinajstić information content (AvgIpc) is 2.18. The highest BCUT2D eigenvalue weighted by Crippen LogP contribution is 2.26. The van der Waals surface area contributed by atoms with Crippen molar-refractivity contribution in [3.8, 4) is 5.75 Å². The Kier molecular flexibility index (Phi) is 2.08. The van der Waals surface area contributed by atoms with Crippen LogP contribution in [0.2, 0.25) is 0 Å². The molecule has 0 saturated heterocycles. The van der Waals surface area contributed by atoms with Crippen LogP contribution in [-0.4, -0.2) is 17.1 Å². The molecule has 0 aliphatic carbocycles. The van der Waals surface area contributed by atoms with Crippen LogP contribution >= 0.6 is 0 Å². The highest BCUT2D eigenvalue weighted by atomic mass is 16.5. The Balaban J connectivity index is 2.87. The Morgan fingerprint density at radius 1 is 1.14 bits per heavy atom. The minimum absolute atomic E-state index is 0.811. The predicted molar refractivity (Wildman–Crippen MR) is 55.6 cm³/mol. The Bertz CT molecular complexity index is 480. The molecule has 0 spiro atoms. The van der Waals surface area contributed by atoms with Gasteiger partial charge in [0, 0.05) is 11.1 Å². The summed E-state index contributed by atoms with van der Waals surface area (Å²) in [5, 5.41) is 1.06. The minimum atomic E-state index is 0.811. The Labute approximate surface area is 82.8 Å². The summed E-state index contributed by atoms with van der Waals surface area (Å²) in [7, 11) is 1.66. The Morgan fingerprint density at radius 2 is 1.93 bits per heavy atom. The van der Waals surface area contributed by atoms with E-state index < -0.39 is 0 Å². The predicted octanol–water partition coefficient (Wildman–Crippen LogP) is 2.26. The van der Waals surface area contributed by atoms with Gasteiger partial charge in [0.15, 0.2) is 0 Å². The van der Waals surface area contributed by atoms with Crippen LogP contribution in [0.5, 0.6) is 5.75 Å². The molecule has 0 fully saturated rings. The molecule has 14 heavy (non-hydrogen) atoms. The molecular formula is C11H12N2O. The molecule has 0 aliphatic heterocycles. The largest absolute Gasteiger partial charge is 0.494 e. The second-order valence-corrected chi connectivity index (χ2v) is 3.32. The number of fused-ring (bicyclic) bond motifs is 1. The van der Waals surface area contributed by atoms with E-state index in [9.17, 15) is 0 Å². The first-order valence-electron chi connectivity index (χ1n) is 4.48. The van der Waals surface area contributed by atoms with Crippen molar-refractivity contribution in [3.63, 3.8) is 0 Å². The summed E-state index contributed by atoms with van der Waals surface area (Å²) in [6, 6.07) is 4.06. The first-order valence-corrected chi connectivity index (χ1v) is 4.48. The van der Waals surface area contributed by atoms with E-state index >= 15 is 0 Å². The maximum Gasteiger partial charge on any atom is 0.145 e. The van der Waals surface area contributed by atoms with E-state index in [1.54, 1.807) is 13.4 Å². The number of nitrogens with zero attached hydrogens (tertiary/aromatic N) is 2. The van der Waals surface area contributed by atoms with Gasteiger partial charge in [-0.2, -0.15) is 0 Å². The monoisotopic (exact) mass is 188 g/mol. The molecule has 0 aliphatic rings. The number of ether oxygens (including phenoxy) is 1. The fraction of sp³-hybridized carbons (Fsp3) is 0.273. The quantitative estimate of drug-likeness (QED) is 0.688. The van der Waals surface area contributed by atoms with E-state index in [0.29, 0.717) is 0 Å². The molecule has 0 N–H and O–H groups in total. The van der Waals surface area contributed by atoms with Gasteiger partial charge < -0.3 is 4.74 Å². The van der Waals surface area contributed by atoms with Crippen LogP contribution < -0.4 is 4.74 Å². The van der Waals surface area contributed by atoms with E-state index in [1.807, 2.05) is 19.9 Å². The molecule has 0 saturated carbocycles. The fourth-order valence-electron chi connectivity index (χ4n) is 1.55. The average molecular weight is 188 g/mol. The van der Waals surface area contributed by atoms with Crippen molar-refractivity contribution >= 4 is 10.9 Å². The van der Waals surface area contributed by atoms with Crippen molar-refractivity contribution in [2.24, 2.45) is 0 Å². The summed E-state index contributed by atoms with van der Waals surface area (Å²) >= 11 is 0. The molecule has 2 rings (SSSR count). The molecule has 0 unspecified atom stereocenters. The van der Waals surface area contributed by atoms with Crippen LogP contribution in [0.3, 0.4) is 0 Å². The summed E-state index contributed by atoms with van der Waals surface area (Å²) in [6.07, 6.45) is 1.56. The molecule has 0 atom stereocenters. The Hall–Kier alpha value is -1.64. The number of hydrogen-bond donors (Lipinski definition) is 0. The molecule has 0 bridgehead atoms. The van der Waals surface area contributed by atoms with Gasteiger partial charge in [0.1, 0.15) is 17.6 Å². The number of aromatic nitrogens is 2. The van der Waals surface area contributed by atoms with Crippen molar-refractivity contribution in [2.45, 2.75) is 13.8 Å². The first kappa shape index (κ1) is 8.94. The third-order valence-electron chi connectivity index (χ3n) is 2.27. The standard InChI is InChI=1S/C11H12N2O/c1-7-4-9-8(2)12-6-13-11(9)10(5-7)14-3/h4-6H,1-3H3. The molecule has 2 aromatic rings. The van der Waals surface area contributed by atoms with Crippen molar-refractivity contribution < 1.29 is 4.74 Å². The summed E-state index contributed by atoms with van der Waals surface area (Å²) in [6.45, 7) is 4.01. The van der Waals surface area contributed by atoms with Gasteiger partial charge in [-0.25, -0.2) is 9.97 Å². The van der Waals surface area contributed by atoms with Crippen molar-refractivity contribution in [3.05, 3.63) is 29.7 Å². The van der Waals surface area contributed by atoms with Gasteiger partial charge in [0.25, 0.3) is 0 Å². The van der Waals surface area contributed by atoms with Gasteiger partial charge in [0.05, 0.1) is 7.11 Å². The van der Waals surface area contributed by atoms with E-state index in [4.69, 9.17) is 4.74 Å². The van der Waals surface area contributed by atoms with Gasteiger partial charge in [-0.15, -0.1) is 0 Å². The highest BCUT2D eigenvalue weighted by Gasteiger charge is 2.06. The second kappa shape index (κ2) is 3.25. The lowest BCUT2D eigenvalue weighted by molar-refractivity contribution is 0.418. The summed E-state index contributed by atoms with van der Waals surface area (Å²) in [4.78, 5) is 8.37. The van der Waals surface area contributed by atoms with Crippen LogP contribution in [0.4, 0.5) is 0 Å². The normalized spacial score (nSPS) is 10.5. The highest BCUT2D eigenvalue weighted by molar-refractivity contribution is 5.86. The molecule has 3 heteroatoms. The molecule has 1 aromatic carbocycles. The zero-order valence-corrected chi connectivity index (χ0v) is 8.53. The molecule has 0 amide bonds. The lowest BCUT2D eigenvalue weighted by Crippen LogP contribution is -1.92. The molecule has 72 valence electrons. The SMILES string of the molecule is COc1cc(C)cc2c(C)ncnc12. The van der Waals surface area contributed by atoms with E-state index in [2.05, 4.69) is 16.0 Å². The van der Waals surface area contributed by atoms with Crippen molar-refractivity contribution in [2.75, 3.05) is 7.11 Å². The maximum absolute atomic E-state index is 5.27. The Morgan fingerprint density at radius 3 is 2.64 bits per heavy atom. The van der Waals surface area contributed by atoms with Crippen molar-refractivity contribution in [1.29, 1.82) is 0 Å². The van der Waals surface area contributed by atoms with Crippen LogP contribution in [0.1, 0.15) is 11.3 Å². The van der Waals surface area contributed by atoms with Crippen LogP contribution in [0.25, 0.3) is 10.9 Å². The van der Waals surface area contributed by atoms with Gasteiger partial charge in [-0.3, -0.25) is 0 Å². The first-order chi connectivity index (χ1) is 6.72. The minimum Gasteiger partial charge on any atom is -0.494 e. The number of rotatable bonds is 1. The molecule has 1 heterocycles. The smallest absolute Gasteiger partial charge is 0.145 e. The summed E-state index contributed by atoms with van der Waals surface area (Å²) < 4.78 is 5.27. The second-order valence-electron chi connectivity index (χ2n) is 3.32. The topological polar surface area (TPSA) is 35.0 Å². The van der Waals surface area contributed by atoms with Crippen molar-refractivity contribution in [1.82, 2.24) is 9.97 Å². The van der Waals surface area contributed by atoms with Crippen LogP contribution in [0, 0.1) is 13.8 Å².